The SMILES string of the molecule is CC1=C(C(=O)OC[C@@H]2CCCO2)[C@@H](c2ccccc2[N+](=O)[O-])n2c(cc(=O)[nH]c2=S)N1. The van der Waals surface area contributed by atoms with Crippen LogP contribution in [0.3, 0.4) is 0 Å². The van der Waals surface area contributed by atoms with Crippen molar-refractivity contribution < 1.29 is 19.2 Å². The number of H-pyrrole nitrogens is 1. The lowest BCUT2D eigenvalue weighted by Gasteiger charge is -2.31. The molecule has 2 atom stereocenters. The zero-order valence-electron chi connectivity index (χ0n) is 16.6. The molecule has 1 fully saturated rings. The Kier molecular flexibility index (Phi) is 5.70. The number of nitrogens with one attached hydrogen (secondary N) is 2. The second kappa shape index (κ2) is 8.44. The molecular weight excluding hydrogens is 424 g/mol. The highest BCUT2D eigenvalue weighted by molar-refractivity contribution is 7.71. The summed E-state index contributed by atoms with van der Waals surface area (Å²) in [6.07, 6.45) is 1.53. The van der Waals surface area contributed by atoms with Gasteiger partial charge in [0.2, 0.25) is 0 Å². The second-order valence-corrected chi connectivity index (χ2v) is 7.70. The third-order valence-corrected chi connectivity index (χ3v) is 5.60. The van der Waals surface area contributed by atoms with E-state index in [2.05, 4.69) is 10.3 Å². The fraction of sp³-hybridized carbons (Fsp3) is 0.350. The number of nitro groups is 1. The van der Waals surface area contributed by atoms with Crippen molar-refractivity contribution >= 4 is 29.7 Å². The van der Waals surface area contributed by atoms with Crippen molar-refractivity contribution in [2.24, 2.45) is 0 Å². The van der Waals surface area contributed by atoms with Crippen molar-refractivity contribution in [3.63, 3.8) is 0 Å². The molecule has 10 nitrogen and oxygen atoms in total. The maximum absolute atomic E-state index is 13.2. The van der Waals surface area contributed by atoms with Crippen molar-refractivity contribution in [3.05, 3.63) is 72.4 Å². The predicted molar refractivity (Wildman–Crippen MR) is 113 cm³/mol. The Hall–Kier alpha value is -3.31. The first-order valence-corrected chi connectivity index (χ1v) is 10.1. The molecule has 0 unspecified atom stereocenters. The van der Waals surface area contributed by atoms with E-state index in [4.69, 9.17) is 21.7 Å². The van der Waals surface area contributed by atoms with Gasteiger partial charge >= 0.3 is 5.97 Å². The van der Waals surface area contributed by atoms with E-state index in [-0.39, 0.29) is 34.3 Å². The highest BCUT2D eigenvalue weighted by Crippen LogP contribution is 2.39. The van der Waals surface area contributed by atoms with E-state index >= 15 is 0 Å². The van der Waals surface area contributed by atoms with E-state index in [1.165, 1.54) is 16.7 Å². The lowest BCUT2D eigenvalue weighted by molar-refractivity contribution is -0.385. The van der Waals surface area contributed by atoms with Crippen LogP contribution in [-0.4, -0.2) is 39.8 Å². The number of anilines is 1. The molecule has 0 radical (unpaired) electrons. The number of aromatic nitrogens is 2. The molecule has 0 bridgehead atoms. The van der Waals surface area contributed by atoms with E-state index in [1.807, 2.05) is 0 Å². The lowest BCUT2D eigenvalue weighted by Crippen LogP contribution is -2.33. The van der Waals surface area contributed by atoms with E-state index in [9.17, 15) is 19.7 Å². The molecular formula is C20H20N4O6S. The molecule has 2 aliphatic heterocycles. The number of carbonyl (C=O) groups excluding carboxylic acids is 1. The third kappa shape index (κ3) is 4.01. The maximum Gasteiger partial charge on any atom is 0.338 e. The van der Waals surface area contributed by atoms with Crippen molar-refractivity contribution in [1.29, 1.82) is 0 Å². The standard InChI is InChI=1S/C20H20N4O6S/c1-11-17(19(26)30-10-12-5-4-8-29-12)18(13-6-2-3-7-14(13)24(27)28)23-15(21-11)9-16(25)22-20(23)31/h2-3,6-7,9,12,18,21H,4-5,8,10H2,1H3,(H,22,25,31)/t12-,18+/m0/s1. The number of carbonyl (C=O) groups is 1. The quantitative estimate of drug-likeness (QED) is 0.312. The number of ether oxygens (including phenoxy) is 2. The smallest absolute Gasteiger partial charge is 0.338 e. The minimum absolute atomic E-state index is 0.0232. The van der Waals surface area contributed by atoms with Crippen LogP contribution in [0.4, 0.5) is 11.5 Å². The van der Waals surface area contributed by atoms with E-state index in [0.717, 1.165) is 12.8 Å². The van der Waals surface area contributed by atoms with Crippen LogP contribution < -0.4 is 10.9 Å². The van der Waals surface area contributed by atoms with Gasteiger partial charge in [0.1, 0.15) is 18.5 Å². The van der Waals surface area contributed by atoms with Crippen LogP contribution in [-0.2, 0) is 14.3 Å². The number of aromatic amines is 1. The molecule has 3 heterocycles. The molecule has 1 saturated heterocycles. The van der Waals surface area contributed by atoms with Crippen molar-refractivity contribution in [2.45, 2.75) is 31.9 Å². The fourth-order valence-corrected chi connectivity index (χ4v) is 4.22. The summed E-state index contributed by atoms with van der Waals surface area (Å²) in [7, 11) is 0. The third-order valence-electron chi connectivity index (χ3n) is 5.30. The molecule has 1 aromatic carbocycles. The Bertz CT molecular complexity index is 1190. The van der Waals surface area contributed by atoms with Crippen LogP contribution in [0, 0.1) is 14.9 Å². The Labute approximate surface area is 181 Å². The monoisotopic (exact) mass is 444 g/mol. The van der Waals surface area contributed by atoms with Crippen LogP contribution in [0.15, 0.2) is 46.4 Å². The number of allylic oxidation sites excluding steroid dienone is 1. The number of rotatable bonds is 5. The zero-order chi connectivity index (χ0) is 22.1. The Balaban J connectivity index is 1.84. The fourth-order valence-electron chi connectivity index (χ4n) is 3.92. The second-order valence-electron chi connectivity index (χ2n) is 7.31. The molecule has 0 spiro atoms. The van der Waals surface area contributed by atoms with Gasteiger partial charge in [0.25, 0.3) is 11.2 Å². The van der Waals surface area contributed by atoms with Crippen molar-refractivity contribution in [3.8, 4) is 0 Å². The van der Waals surface area contributed by atoms with E-state index in [0.29, 0.717) is 18.1 Å². The summed E-state index contributed by atoms with van der Waals surface area (Å²) < 4.78 is 12.5. The first kappa shape index (κ1) is 20.9. The van der Waals surface area contributed by atoms with Crippen molar-refractivity contribution in [2.75, 3.05) is 18.5 Å². The number of esters is 1. The van der Waals surface area contributed by atoms with Gasteiger partial charge in [-0.3, -0.25) is 24.5 Å². The van der Waals surface area contributed by atoms with Gasteiger partial charge in [-0.25, -0.2) is 4.79 Å². The first-order valence-electron chi connectivity index (χ1n) is 9.72. The molecule has 162 valence electrons. The van der Waals surface area contributed by atoms with Gasteiger partial charge in [0.05, 0.1) is 22.2 Å². The van der Waals surface area contributed by atoms with E-state index in [1.54, 1.807) is 25.1 Å². The largest absolute Gasteiger partial charge is 0.459 e. The summed E-state index contributed by atoms with van der Waals surface area (Å²) in [5, 5.41) is 14.7. The molecule has 0 aliphatic carbocycles. The highest BCUT2D eigenvalue weighted by atomic mass is 32.1. The summed E-state index contributed by atoms with van der Waals surface area (Å²) in [6.45, 7) is 2.36. The minimum atomic E-state index is -0.959. The topological polar surface area (TPSA) is 128 Å². The van der Waals surface area contributed by atoms with Gasteiger partial charge in [-0.15, -0.1) is 0 Å². The zero-order valence-corrected chi connectivity index (χ0v) is 17.4. The van der Waals surface area contributed by atoms with Crippen LogP contribution in [0.25, 0.3) is 0 Å². The molecule has 0 amide bonds. The molecule has 4 rings (SSSR count). The van der Waals surface area contributed by atoms with Gasteiger partial charge in [-0.1, -0.05) is 12.1 Å². The Morgan fingerprint density at radius 1 is 1.42 bits per heavy atom. The van der Waals surface area contributed by atoms with Gasteiger partial charge in [0.15, 0.2) is 4.77 Å². The molecule has 31 heavy (non-hydrogen) atoms. The molecule has 2 aromatic rings. The average Bonchev–Trinajstić information content (AvgIpc) is 3.24. The average molecular weight is 444 g/mol. The summed E-state index contributed by atoms with van der Waals surface area (Å²) in [5.74, 6) is -0.313. The Morgan fingerprint density at radius 3 is 2.90 bits per heavy atom. The normalized spacial score (nSPS) is 20.2. The van der Waals surface area contributed by atoms with Crippen LogP contribution >= 0.6 is 12.2 Å². The van der Waals surface area contributed by atoms with E-state index < -0.39 is 22.5 Å². The van der Waals surface area contributed by atoms with Gasteiger partial charge in [-0.05, 0) is 38.0 Å². The molecule has 1 aromatic heterocycles. The molecule has 0 saturated carbocycles. The number of nitrogens with zero attached hydrogens (tertiary/aromatic N) is 2. The molecule has 2 aliphatic rings. The predicted octanol–water partition coefficient (Wildman–Crippen LogP) is 2.83. The number of benzene rings is 1. The number of fused-ring (bicyclic) bond motifs is 1. The summed E-state index contributed by atoms with van der Waals surface area (Å²) in [5.41, 5.74) is 0.234. The van der Waals surface area contributed by atoms with Gasteiger partial charge in [0, 0.05) is 24.4 Å². The number of hydrogen-bond donors (Lipinski definition) is 2. The Morgan fingerprint density at radius 2 is 2.19 bits per heavy atom. The molecule has 2 N–H and O–H groups in total. The van der Waals surface area contributed by atoms with Gasteiger partial charge < -0.3 is 14.8 Å². The summed E-state index contributed by atoms with van der Waals surface area (Å²) in [6, 6.07) is 6.43. The van der Waals surface area contributed by atoms with Crippen LogP contribution in [0.1, 0.15) is 31.4 Å². The lowest BCUT2D eigenvalue weighted by atomic mass is 9.93. The van der Waals surface area contributed by atoms with Crippen LogP contribution in [0.5, 0.6) is 0 Å². The minimum Gasteiger partial charge on any atom is -0.459 e. The number of hydrogen-bond acceptors (Lipinski definition) is 8. The number of nitro benzene ring substituents is 1. The summed E-state index contributed by atoms with van der Waals surface area (Å²) >= 11 is 5.35. The highest BCUT2D eigenvalue weighted by Gasteiger charge is 2.37. The maximum atomic E-state index is 13.2. The molecule has 11 heteroatoms. The summed E-state index contributed by atoms with van der Waals surface area (Å²) in [4.78, 5) is 38.8. The number of para-hydroxylation sites is 1. The van der Waals surface area contributed by atoms with Gasteiger partial charge in [-0.2, -0.15) is 0 Å². The van der Waals surface area contributed by atoms with Crippen LogP contribution in [0.2, 0.25) is 0 Å². The van der Waals surface area contributed by atoms with Crippen molar-refractivity contribution in [1.82, 2.24) is 9.55 Å². The first-order chi connectivity index (χ1) is 14.9.